The van der Waals surface area contributed by atoms with E-state index in [-0.39, 0.29) is 54.3 Å². The van der Waals surface area contributed by atoms with Gasteiger partial charge in [-0.3, -0.25) is 28.5 Å². The fraction of sp³-hybridized carbons (Fsp3) is 0.224. The summed E-state index contributed by atoms with van der Waals surface area (Å²) in [7, 11) is 3.48. The number of hydrogen-bond acceptors (Lipinski definition) is 14. The molecule has 0 aliphatic carbocycles. The van der Waals surface area contributed by atoms with Crippen LogP contribution < -0.4 is 41.4 Å². The van der Waals surface area contributed by atoms with E-state index in [2.05, 4.69) is 62.0 Å². The van der Waals surface area contributed by atoms with Crippen molar-refractivity contribution in [3.63, 3.8) is 0 Å². The van der Waals surface area contributed by atoms with Gasteiger partial charge in [-0.25, -0.2) is 19.9 Å². The number of anilines is 4. The van der Waals surface area contributed by atoms with Gasteiger partial charge in [-0.1, -0.05) is 59.6 Å². The van der Waals surface area contributed by atoms with Crippen LogP contribution in [0.15, 0.2) is 85.5 Å². The number of aromatic nitrogens is 8. The first-order valence-corrected chi connectivity index (χ1v) is 23.0. The molecule has 4 aromatic heterocycles. The Hall–Kier alpha value is -8.36. The molecule has 6 N–H and O–H groups in total. The summed E-state index contributed by atoms with van der Waals surface area (Å²) in [6.07, 6.45) is 2.70. The summed E-state index contributed by atoms with van der Waals surface area (Å²) in [5, 5.41) is 28.4. The van der Waals surface area contributed by atoms with Gasteiger partial charge in [0.2, 0.25) is 0 Å². The third-order valence-electron chi connectivity index (χ3n) is 11.7. The molecule has 22 heteroatoms. The molecule has 4 amide bonds. The summed E-state index contributed by atoms with van der Waals surface area (Å²) in [5.74, 6) is 1.23. The Morgan fingerprint density at radius 3 is 1.68 bits per heavy atom. The van der Waals surface area contributed by atoms with Crippen LogP contribution in [-0.4, -0.2) is 76.3 Å². The highest BCUT2D eigenvalue weighted by molar-refractivity contribution is 6.31. The Balaban J connectivity index is 0.000000176. The van der Waals surface area contributed by atoms with Crippen molar-refractivity contribution in [1.29, 1.82) is 0 Å². The van der Waals surface area contributed by atoms with Gasteiger partial charge < -0.3 is 41.4 Å². The lowest BCUT2D eigenvalue weighted by atomic mass is 10.1. The molecule has 0 spiro atoms. The van der Waals surface area contributed by atoms with E-state index in [1.165, 1.54) is 12.7 Å². The van der Waals surface area contributed by atoms with Crippen molar-refractivity contribution in [2.75, 3.05) is 34.5 Å². The minimum absolute atomic E-state index is 0.00839. The molecule has 0 radical (unpaired) electrons. The predicted octanol–water partition coefficient (Wildman–Crippen LogP) is 6.96. The maximum Gasteiger partial charge on any atom is 0.272 e. The van der Waals surface area contributed by atoms with Crippen molar-refractivity contribution in [3.05, 3.63) is 140 Å². The van der Waals surface area contributed by atoms with Crippen molar-refractivity contribution in [3.8, 4) is 11.5 Å². The molecule has 2 aliphatic rings. The molecule has 0 saturated heterocycles. The van der Waals surface area contributed by atoms with E-state index >= 15 is 0 Å². The van der Waals surface area contributed by atoms with Crippen molar-refractivity contribution in [2.45, 2.75) is 46.4 Å². The second-order valence-electron chi connectivity index (χ2n) is 16.8. The summed E-state index contributed by atoms with van der Waals surface area (Å²) in [6, 6.07) is 22.3. The molecule has 6 heterocycles. The summed E-state index contributed by atoms with van der Waals surface area (Å²) in [5.41, 5.74) is 9.34. The van der Waals surface area contributed by atoms with Gasteiger partial charge in [0, 0.05) is 43.8 Å². The fourth-order valence-electron chi connectivity index (χ4n) is 7.87. The average Bonchev–Trinajstić information content (AvgIpc) is 3.87. The molecule has 0 saturated carbocycles. The Morgan fingerprint density at radius 2 is 1.13 bits per heavy atom. The van der Waals surface area contributed by atoms with Crippen molar-refractivity contribution in [1.82, 2.24) is 50.1 Å². The molecular formula is C49H46Cl2N14O6. The smallest absolute Gasteiger partial charge is 0.272 e. The van der Waals surface area contributed by atoms with Crippen LogP contribution in [0.1, 0.15) is 67.3 Å². The number of nitrogens with one attached hydrogen (secondary N) is 6. The number of aryl methyl sites for hydroxylation is 4. The van der Waals surface area contributed by atoms with Crippen LogP contribution in [0.3, 0.4) is 0 Å². The summed E-state index contributed by atoms with van der Waals surface area (Å²) < 4.78 is 14.0. The van der Waals surface area contributed by atoms with Gasteiger partial charge in [0.1, 0.15) is 46.2 Å². The number of halogens is 2. The van der Waals surface area contributed by atoms with Crippen LogP contribution >= 0.6 is 23.2 Å². The van der Waals surface area contributed by atoms with E-state index in [1.54, 1.807) is 23.5 Å². The molecule has 0 fully saturated rings. The van der Waals surface area contributed by atoms with E-state index < -0.39 is 0 Å². The monoisotopic (exact) mass is 996 g/mol. The number of amides is 4. The van der Waals surface area contributed by atoms with E-state index in [0.717, 1.165) is 33.4 Å². The van der Waals surface area contributed by atoms with Gasteiger partial charge >= 0.3 is 0 Å². The van der Waals surface area contributed by atoms with Crippen LogP contribution in [0, 0.1) is 13.8 Å². The second kappa shape index (κ2) is 20.3. The highest BCUT2D eigenvalue weighted by atomic mass is 35.5. The molecule has 1 atom stereocenters. The molecule has 20 nitrogen and oxygen atoms in total. The van der Waals surface area contributed by atoms with Crippen molar-refractivity contribution >= 4 is 91.9 Å². The van der Waals surface area contributed by atoms with Crippen LogP contribution in [0.2, 0.25) is 10.0 Å². The third kappa shape index (κ3) is 10.5. The van der Waals surface area contributed by atoms with E-state index in [1.807, 2.05) is 93.6 Å². The molecule has 2 aliphatic heterocycles. The lowest BCUT2D eigenvalue weighted by Crippen LogP contribution is -2.25. The number of nitrogens with zero attached hydrogens (tertiary/aromatic N) is 8. The Kier molecular flexibility index (Phi) is 13.6. The zero-order valence-electron chi connectivity index (χ0n) is 39.0. The van der Waals surface area contributed by atoms with Gasteiger partial charge in [-0.05, 0) is 90.6 Å². The predicted molar refractivity (Wildman–Crippen MR) is 268 cm³/mol. The van der Waals surface area contributed by atoms with Crippen LogP contribution in [0.5, 0.6) is 11.5 Å². The number of benzene rings is 4. The van der Waals surface area contributed by atoms with Gasteiger partial charge in [0.25, 0.3) is 23.6 Å². The SMILES string of the molecule is Cc1ccc(CNC(=O)c2ncnc3c(NC(C)c4ccc5c(c4)NC(=O)CO5)nn(C)c23)cc1Cl.Cc1ccc(CNC(=O)c2ncnc3c(NCc4ccc5c(c4)NC(=O)CO5)nn(C)c23)cc1Cl. The zero-order valence-corrected chi connectivity index (χ0v) is 40.5. The van der Waals surface area contributed by atoms with Crippen molar-refractivity contribution in [2.24, 2.45) is 14.1 Å². The molecule has 1 unspecified atom stereocenters. The van der Waals surface area contributed by atoms with E-state index in [4.69, 9.17) is 32.7 Å². The van der Waals surface area contributed by atoms with Crippen LogP contribution in [0.4, 0.5) is 23.0 Å². The number of fused-ring (bicyclic) bond motifs is 4. The molecule has 362 valence electrons. The average molecular weight is 998 g/mol. The number of hydrogen-bond donors (Lipinski definition) is 6. The summed E-state index contributed by atoms with van der Waals surface area (Å²) in [6.45, 7) is 6.88. The first-order valence-electron chi connectivity index (χ1n) is 22.2. The maximum absolute atomic E-state index is 13.0. The topological polar surface area (TPSA) is 246 Å². The minimum atomic E-state index is -0.341. The number of rotatable bonds is 12. The normalized spacial score (nSPS) is 13.1. The van der Waals surface area contributed by atoms with Crippen LogP contribution in [-0.2, 0) is 43.3 Å². The highest BCUT2D eigenvalue weighted by Gasteiger charge is 2.24. The maximum atomic E-state index is 13.0. The number of ether oxygens (including phenoxy) is 2. The standard InChI is InChI=1S/C25H24ClN7O3.C24H22ClN7O3/c1-13-4-5-15(8-17(13)26)10-27-25(35)22-23-21(28-12-29-22)24(32-33(23)3)30-14(2)16-6-7-19-18(9-16)31-20(34)11-36-19;1-13-3-4-14(7-16(13)25)10-27-24(34)21-22-20(28-12-29-21)23(31-32(22)2)26-9-15-5-6-18-17(8-15)30-19(33)11-35-18/h4-9,12,14H,10-11H2,1-3H3,(H,27,35)(H,30,32)(H,31,34);3-8,12H,9-11H2,1-2H3,(H,26,31)(H,27,34)(H,30,33). The lowest BCUT2D eigenvalue weighted by Gasteiger charge is -2.20. The number of carbonyl (C=O) groups is 4. The molecule has 71 heavy (non-hydrogen) atoms. The van der Waals surface area contributed by atoms with Gasteiger partial charge in [-0.15, -0.1) is 0 Å². The van der Waals surface area contributed by atoms with E-state index in [9.17, 15) is 19.2 Å². The third-order valence-corrected chi connectivity index (χ3v) is 12.5. The minimum Gasteiger partial charge on any atom is -0.482 e. The second-order valence-corrected chi connectivity index (χ2v) is 17.6. The summed E-state index contributed by atoms with van der Waals surface area (Å²) >= 11 is 12.4. The highest BCUT2D eigenvalue weighted by Crippen LogP contribution is 2.33. The Bertz CT molecular complexity index is 3410. The fourth-order valence-corrected chi connectivity index (χ4v) is 8.28. The lowest BCUT2D eigenvalue weighted by molar-refractivity contribution is -0.119. The Labute approximate surface area is 415 Å². The first kappa shape index (κ1) is 47.7. The molecular weight excluding hydrogens is 952 g/mol. The van der Waals surface area contributed by atoms with Crippen molar-refractivity contribution < 1.29 is 28.7 Å². The van der Waals surface area contributed by atoms with Crippen LogP contribution in [0.25, 0.3) is 22.1 Å². The largest absolute Gasteiger partial charge is 0.482 e. The Morgan fingerprint density at radius 1 is 0.648 bits per heavy atom. The quantitative estimate of drug-likeness (QED) is 0.0725. The number of carbonyl (C=O) groups excluding carboxylic acids is 4. The van der Waals surface area contributed by atoms with E-state index in [0.29, 0.717) is 86.3 Å². The zero-order chi connectivity index (χ0) is 49.9. The van der Waals surface area contributed by atoms with Gasteiger partial charge in [-0.2, -0.15) is 10.2 Å². The molecule has 8 aromatic rings. The molecule has 0 bridgehead atoms. The molecule has 10 rings (SSSR count). The summed E-state index contributed by atoms with van der Waals surface area (Å²) in [4.78, 5) is 66.4. The first-order chi connectivity index (χ1) is 34.2. The van der Waals surface area contributed by atoms with Gasteiger partial charge in [0.05, 0.1) is 17.4 Å². The molecule has 4 aromatic carbocycles. The van der Waals surface area contributed by atoms with Gasteiger partial charge in [0.15, 0.2) is 36.2 Å².